The summed E-state index contributed by atoms with van der Waals surface area (Å²) < 4.78 is 40.5. The monoisotopic (exact) mass is 487 g/mol. The van der Waals surface area contributed by atoms with Crippen molar-refractivity contribution in [3.63, 3.8) is 0 Å². The average molecular weight is 488 g/mol. The number of rotatable bonds is 9. The third-order valence-corrected chi connectivity index (χ3v) is 5.97. The van der Waals surface area contributed by atoms with Gasteiger partial charge >= 0.3 is 6.61 Å². The van der Waals surface area contributed by atoms with Crippen molar-refractivity contribution in [2.75, 3.05) is 18.5 Å². The van der Waals surface area contributed by atoms with Crippen molar-refractivity contribution in [2.45, 2.75) is 63.3 Å². The molecule has 2 N–H and O–H groups in total. The molecule has 2 aliphatic heterocycles. The second kappa shape index (κ2) is 11.8. The first kappa shape index (κ1) is 24.6. The molecule has 0 saturated carbocycles. The SMILES string of the molecule is N#CCC[C@@H](NC(=O)[C@H]1CCc2cnc(NC3CCOCC3)nc2O1)c1ccc(OC(F)F)cc1. The van der Waals surface area contributed by atoms with Crippen molar-refractivity contribution >= 4 is 11.9 Å². The average Bonchev–Trinajstić information content (AvgIpc) is 2.87. The number of halogens is 2. The van der Waals surface area contributed by atoms with Crippen LogP contribution in [0.1, 0.15) is 49.3 Å². The molecule has 11 heteroatoms. The van der Waals surface area contributed by atoms with E-state index in [4.69, 9.17) is 14.7 Å². The van der Waals surface area contributed by atoms with E-state index in [0.717, 1.165) is 18.4 Å². The Balaban J connectivity index is 1.40. The van der Waals surface area contributed by atoms with Crippen LogP contribution in [0, 0.1) is 11.3 Å². The Kier molecular flexibility index (Phi) is 8.26. The summed E-state index contributed by atoms with van der Waals surface area (Å²) in [5, 5.41) is 15.3. The third kappa shape index (κ3) is 6.76. The number of hydrogen-bond acceptors (Lipinski definition) is 8. The fourth-order valence-corrected chi connectivity index (χ4v) is 4.10. The molecule has 3 heterocycles. The summed E-state index contributed by atoms with van der Waals surface area (Å²) in [6, 6.07) is 7.82. The molecule has 1 aromatic carbocycles. The second-order valence-electron chi connectivity index (χ2n) is 8.41. The van der Waals surface area contributed by atoms with E-state index < -0.39 is 18.8 Å². The predicted octanol–water partition coefficient (Wildman–Crippen LogP) is 3.52. The minimum Gasteiger partial charge on any atom is -0.464 e. The summed E-state index contributed by atoms with van der Waals surface area (Å²) in [5.41, 5.74) is 1.51. The predicted molar refractivity (Wildman–Crippen MR) is 121 cm³/mol. The highest BCUT2D eigenvalue weighted by Gasteiger charge is 2.30. The van der Waals surface area contributed by atoms with E-state index in [9.17, 15) is 13.6 Å². The summed E-state index contributed by atoms with van der Waals surface area (Å²) in [5.74, 6) is 0.521. The Bertz CT molecular complexity index is 1040. The van der Waals surface area contributed by atoms with Crippen molar-refractivity contribution in [3.8, 4) is 17.7 Å². The van der Waals surface area contributed by atoms with Gasteiger partial charge in [0.25, 0.3) is 5.91 Å². The van der Waals surface area contributed by atoms with Gasteiger partial charge in [0.1, 0.15) is 5.75 Å². The number of nitriles is 1. The quantitative estimate of drug-likeness (QED) is 0.552. The number of carbonyl (C=O) groups excluding carboxylic acids is 1. The third-order valence-electron chi connectivity index (χ3n) is 5.97. The van der Waals surface area contributed by atoms with Gasteiger partial charge in [-0.1, -0.05) is 12.1 Å². The van der Waals surface area contributed by atoms with Crippen molar-refractivity contribution in [3.05, 3.63) is 41.6 Å². The van der Waals surface area contributed by atoms with Gasteiger partial charge in [0.2, 0.25) is 11.8 Å². The fraction of sp³-hybridized carbons (Fsp3) is 0.500. The first-order valence-corrected chi connectivity index (χ1v) is 11.6. The number of benzene rings is 1. The maximum atomic E-state index is 13.1. The fourth-order valence-electron chi connectivity index (χ4n) is 4.10. The maximum Gasteiger partial charge on any atom is 0.387 e. The molecule has 1 amide bonds. The molecule has 0 radical (unpaired) electrons. The van der Waals surface area contributed by atoms with Crippen LogP contribution < -0.4 is 20.1 Å². The minimum atomic E-state index is -2.92. The number of nitrogens with one attached hydrogen (secondary N) is 2. The molecule has 1 aromatic heterocycles. The number of nitrogens with zero attached hydrogens (tertiary/aromatic N) is 3. The molecule has 1 fully saturated rings. The maximum absolute atomic E-state index is 13.1. The number of fused-ring (bicyclic) bond motifs is 1. The van der Waals surface area contributed by atoms with Crippen molar-refractivity contribution < 1.29 is 27.8 Å². The Labute approximate surface area is 201 Å². The van der Waals surface area contributed by atoms with Gasteiger partial charge in [-0.05, 0) is 49.8 Å². The van der Waals surface area contributed by atoms with E-state index in [1.807, 2.05) is 0 Å². The number of aromatic nitrogens is 2. The Morgan fingerprint density at radius 2 is 2.00 bits per heavy atom. The van der Waals surface area contributed by atoms with Gasteiger partial charge < -0.3 is 24.8 Å². The Morgan fingerprint density at radius 3 is 2.71 bits per heavy atom. The number of alkyl halides is 2. The van der Waals surface area contributed by atoms with Gasteiger partial charge in [-0.3, -0.25) is 4.79 Å². The summed E-state index contributed by atoms with van der Waals surface area (Å²) in [7, 11) is 0. The van der Waals surface area contributed by atoms with Crippen LogP contribution in [-0.4, -0.2) is 47.8 Å². The first-order chi connectivity index (χ1) is 17.0. The lowest BCUT2D eigenvalue weighted by molar-refractivity contribution is -0.129. The molecule has 4 rings (SSSR count). The van der Waals surface area contributed by atoms with Crippen LogP contribution in [-0.2, 0) is 16.0 Å². The van der Waals surface area contributed by atoms with Crippen LogP contribution in [0.5, 0.6) is 11.6 Å². The number of aryl methyl sites for hydroxylation is 1. The number of amides is 1. The summed E-state index contributed by atoms with van der Waals surface area (Å²) >= 11 is 0. The molecule has 0 aliphatic carbocycles. The number of anilines is 1. The zero-order valence-electron chi connectivity index (χ0n) is 19.1. The van der Waals surface area contributed by atoms with Crippen LogP contribution in [0.3, 0.4) is 0 Å². The molecule has 0 unspecified atom stereocenters. The van der Waals surface area contributed by atoms with E-state index in [0.29, 0.717) is 49.9 Å². The molecule has 0 spiro atoms. The first-order valence-electron chi connectivity index (χ1n) is 11.6. The number of hydrogen-bond donors (Lipinski definition) is 2. The Morgan fingerprint density at radius 1 is 1.23 bits per heavy atom. The Hall–Kier alpha value is -3.52. The van der Waals surface area contributed by atoms with Crippen LogP contribution in [0.4, 0.5) is 14.7 Å². The van der Waals surface area contributed by atoms with E-state index in [-0.39, 0.29) is 24.1 Å². The molecule has 35 heavy (non-hydrogen) atoms. The lowest BCUT2D eigenvalue weighted by Crippen LogP contribution is -2.42. The van der Waals surface area contributed by atoms with Gasteiger partial charge in [-0.2, -0.15) is 19.0 Å². The van der Waals surface area contributed by atoms with Crippen LogP contribution in [0.25, 0.3) is 0 Å². The van der Waals surface area contributed by atoms with E-state index >= 15 is 0 Å². The highest BCUT2D eigenvalue weighted by Crippen LogP contribution is 2.28. The smallest absolute Gasteiger partial charge is 0.387 e. The molecule has 186 valence electrons. The summed E-state index contributed by atoms with van der Waals surface area (Å²) in [6.45, 7) is -1.54. The lowest BCUT2D eigenvalue weighted by Gasteiger charge is -2.27. The minimum absolute atomic E-state index is 0.0196. The molecule has 9 nitrogen and oxygen atoms in total. The van der Waals surface area contributed by atoms with Crippen molar-refractivity contribution in [1.29, 1.82) is 5.26 Å². The van der Waals surface area contributed by atoms with Gasteiger partial charge in [0.05, 0.1) is 12.1 Å². The molecular formula is C24H27F2N5O4. The van der Waals surface area contributed by atoms with Gasteiger partial charge in [-0.15, -0.1) is 0 Å². The molecule has 2 aromatic rings. The molecule has 2 aliphatic rings. The highest BCUT2D eigenvalue weighted by atomic mass is 19.3. The molecule has 1 saturated heterocycles. The van der Waals surface area contributed by atoms with E-state index in [1.165, 1.54) is 12.1 Å². The normalized spacial score (nSPS) is 18.6. The summed E-state index contributed by atoms with van der Waals surface area (Å²) in [4.78, 5) is 21.9. The largest absolute Gasteiger partial charge is 0.464 e. The van der Waals surface area contributed by atoms with E-state index in [2.05, 4.69) is 31.4 Å². The van der Waals surface area contributed by atoms with Crippen LogP contribution >= 0.6 is 0 Å². The zero-order valence-corrected chi connectivity index (χ0v) is 19.1. The zero-order chi connectivity index (χ0) is 24.6. The van der Waals surface area contributed by atoms with E-state index in [1.54, 1.807) is 18.3 Å². The highest BCUT2D eigenvalue weighted by molar-refractivity contribution is 5.82. The van der Waals surface area contributed by atoms with Gasteiger partial charge in [0, 0.05) is 37.4 Å². The molecule has 2 atom stereocenters. The van der Waals surface area contributed by atoms with Crippen molar-refractivity contribution in [1.82, 2.24) is 15.3 Å². The standard InChI is InChI=1S/C24H27F2N5O4/c25-23(26)34-18-6-3-15(4-7-18)19(2-1-11-27)30-21(32)20-8-5-16-14-28-24(31-22(16)35-20)29-17-9-12-33-13-10-17/h3-4,6-7,14,17,19-20,23H,1-2,5,8-10,12-13H2,(H,30,32)(H,28,29,31)/t19-,20-/m1/s1. The number of ether oxygens (including phenoxy) is 3. The lowest BCUT2D eigenvalue weighted by atomic mass is 10.0. The molecular weight excluding hydrogens is 460 g/mol. The molecule has 0 bridgehead atoms. The van der Waals surface area contributed by atoms with Crippen LogP contribution in [0.15, 0.2) is 30.5 Å². The van der Waals surface area contributed by atoms with Crippen LogP contribution in [0.2, 0.25) is 0 Å². The topological polar surface area (TPSA) is 118 Å². The number of carbonyl (C=O) groups is 1. The summed E-state index contributed by atoms with van der Waals surface area (Å²) in [6.07, 6.45) is 4.33. The second-order valence-corrected chi connectivity index (χ2v) is 8.41. The van der Waals surface area contributed by atoms with Crippen molar-refractivity contribution in [2.24, 2.45) is 0 Å². The van der Waals surface area contributed by atoms with Gasteiger partial charge in [-0.25, -0.2) is 4.98 Å². The van der Waals surface area contributed by atoms with Gasteiger partial charge in [0.15, 0.2) is 6.10 Å².